The lowest BCUT2D eigenvalue weighted by Crippen LogP contribution is -2.10. The molecule has 0 aliphatic carbocycles. The van der Waals surface area contributed by atoms with Crippen molar-refractivity contribution in [2.24, 2.45) is 5.92 Å². The maximum Gasteiger partial charge on any atom is 0.141 e. The molecule has 2 rings (SSSR count). The smallest absolute Gasteiger partial charge is 0.141 e. The van der Waals surface area contributed by atoms with Crippen LogP contribution in [0.15, 0.2) is 30.3 Å². The van der Waals surface area contributed by atoms with Gasteiger partial charge in [-0.2, -0.15) is 0 Å². The number of benzene rings is 1. The van der Waals surface area contributed by atoms with Crippen LogP contribution in [-0.2, 0) is 6.54 Å². The number of anilines is 1. The fourth-order valence-corrected chi connectivity index (χ4v) is 2.27. The highest BCUT2D eigenvalue weighted by Gasteiger charge is 2.18. The van der Waals surface area contributed by atoms with E-state index in [1.54, 1.807) is 0 Å². The van der Waals surface area contributed by atoms with Crippen LogP contribution in [-0.4, -0.2) is 9.55 Å². The number of hydrogen-bond donors (Lipinski definition) is 1. The van der Waals surface area contributed by atoms with Gasteiger partial charge in [0, 0.05) is 12.1 Å². The molecule has 102 valence electrons. The lowest BCUT2D eigenvalue weighted by molar-refractivity contribution is 0.530. The first-order chi connectivity index (χ1) is 9.00. The molecule has 0 bridgehead atoms. The zero-order valence-corrected chi connectivity index (χ0v) is 12.2. The van der Waals surface area contributed by atoms with Crippen LogP contribution in [0.25, 0.3) is 11.4 Å². The van der Waals surface area contributed by atoms with E-state index in [1.165, 1.54) is 0 Å². The average molecular weight is 257 g/mol. The summed E-state index contributed by atoms with van der Waals surface area (Å²) in [4.78, 5) is 4.77. The molecule has 0 aliphatic rings. The summed E-state index contributed by atoms with van der Waals surface area (Å²) in [6.07, 6.45) is 0. The van der Waals surface area contributed by atoms with Gasteiger partial charge in [0.05, 0.1) is 5.69 Å². The standard InChI is InChI=1S/C16H23N3/c1-11(2)10-19-15(17)14(12(3)4)18-16(19)13-8-6-5-7-9-13/h5-9,11-12H,10,17H2,1-4H3. The molecule has 1 heterocycles. The van der Waals surface area contributed by atoms with Gasteiger partial charge >= 0.3 is 0 Å². The number of nitrogens with two attached hydrogens (primary N) is 1. The Bertz CT molecular complexity index is 539. The summed E-state index contributed by atoms with van der Waals surface area (Å²) in [7, 11) is 0. The topological polar surface area (TPSA) is 43.8 Å². The van der Waals surface area contributed by atoms with Crippen molar-refractivity contribution in [2.75, 3.05) is 5.73 Å². The second-order valence-electron chi connectivity index (χ2n) is 5.73. The molecule has 3 heteroatoms. The molecule has 0 amide bonds. The molecule has 19 heavy (non-hydrogen) atoms. The molecule has 0 saturated heterocycles. The first kappa shape index (κ1) is 13.7. The zero-order chi connectivity index (χ0) is 14.0. The van der Waals surface area contributed by atoms with E-state index >= 15 is 0 Å². The molecule has 2 aromatic rings. The number of imidazole rings is 1. The Morgan fingerprint density at radius 1 is 1.11 bits per heavy atom. The van der Waals surface area contributed by atoms with E-state index in [4.69, 9.17) is 10.7 Å². The van der Waals surface area contributed by atoms with Gasteiger partial charge in [-0.05, 0) is 11.8 Å². The van der Waals surface area contributed by atoms with E-state index in [0.29, 0.717) is 11.8 Å². The molecule has 1 aromatic heterocycles. The van der Waals surface area contributed by atoms with E-state index in [1.807, 2.05) is 18.2 Å². The summed E-state index contributed by atoms with van der Waals surface area (Å²) in [5.41, 5.74) is 8.42. The van der Waals surface area contributed by atoms with Crippen LogP contribution in [0.4, 0.5) is 5.82 Å². The zero-order valence-electron chi connectivity index (χ0n) is 12.2. The van der Waals surface area contributed by atoms with Gasteiger partial charge in [-0.3, -0.25) is 0 Å². The van der Waals surface area contributed by atoms with Gasteiger partial charge in [0.25, 0.3) is 0 Å². The van der Waals surface area contributed by atoms with Crippen molar-refractivity contribution in [1.82, 2.24) is 9.55 Å². The Kier molecular flexibility index (Phi) is 3.93. The third kappa shape index (κ3) is 2.80. The number of nitrogen functional groups attached to an aromatic ring is 1. The molecule has 0 saturated carbocycles. The molecule has 0 radical (unpaired) electrons. The van der Waals surface area contributed by atoms with Crippen molar-refractivity contribution in [3.05, 3.63) is 36.0 Å². The Morgan fingerprint density at radius 3 is 2.26 bits per heavy atom. The van der Waals surface area contributed by atoms with Gasteiger partial charge in [-0.25, -0.2) is 4.98 Å². The van der Waals surface area contributed by atoms with E-state index in [-0.39, 0.29) is 0 Å². The number of rotatable bonds is 4. The van der Waals surface area contributed by atoms with Gasteiger partial charge in [0.2, 0.25) is 0 Å². The first-order valence-corrected chi connectivity index (χ1v) is 6.92. The summed E-state index contributed by atoms with van der Waals surface area (Å²) in [5, 5.41) is 0. The number of hydrogen-bond acceptors (Lipinski definition) is 2. The number of aromatic nitrogens is 2. The van der Waals surface area contributed by atoms with E-state index in [9.17, 15) is 0 Å². The third-order valence-corrected chi connectivity index (χ3v) is 3.16. The van der Waals surface area contributed by atoms with E-state index in [2.05, 4.69) is 44.4 Å². The predicted molar refractivity (Wildman–Crippen MR) is 81.0 cm³/mol. The van der Waals surface area contributed by atoms with Crippen molar-refractivity contribution in [1.29, 1.82) is 0 Å². The van der Waals surface area contributed by atoms with Gasteiger partial charge in [-0.15, -0.1) is 0 Å². The summed E-state index contributed by atoms with van der Waals surface area (Å²) < 4.78 is 2.15. The lowest BCUT2D eigenvalue weighted by atomic mass is 10.1. The molecule has 0 fully saturated rings. The van der Waals surface area contributed by atoms with Gasteiger partial charge in [0.15, 0.2) is 0 Å². The SMILES string of the molecule is CC(C)Cn1c(-c2ccccc2)nc(C(C)C)c1N. The van der Waals surface area contributed by atoms with Crippen molar-refractivity contribution < 1.29 is 0 Å². The summed E-state index contributed by atoms with van der Waals surface area (Å²) in [6.45, 7) is 9.56. The van der Waals surface area contributed by atoms with Gasteiger partial charge in [-0.1, -0.05) is 58.0 Å². The minimum Gasteiger partial charge on any atom is -0.384 e. The van der Waals surface area contributed by atoms with Crippen LogP contribution in [0.3, 0.4) is 0 Å². The minimum absolute atomic E-state index is 0.343. The van der Waals surface area contributed by atoms with Gasteiger partial charge in [0.1, 0.15) is 11.6 Å². The fraction of sp³-hybridized carbons (Fsp3) is 0.438. The normalized spacial score (nSPS) is 11.5. The Morgan fingerprint density at radius 2 is 1.74 bits per heavy atom. The lowest BCUT2D eigenvalue weighted by Gasteiger charge is -2.12. The highest BCUT2D eigenvalue weighted by atomic mass is 15.1. The van der Waals surface area contributed by atoms with Crippen LogP contribution in [0, 0.1) is 5.92 Å². The van der Waals surface area contributed by atoms with Crippen molar-refractivity contribution >= 4 is 5.82 Å². The summed E-state index contributed by atoms with van der Waals surface area (Å²) >= 11 is 0. The molecule has 3 nitrogen and oxygen atoms in total. The fourth-order valence-electron chi connectivity index (χ4n) is 2.27. The molecular weight excluding hydrogens is 234 g/mol. The second-order valence-corrected chi connectivity index (χ2v) is 5.73. The van der Waals surface area contributed by atoms with Crippen molar-refractivity contribution in [3.8, 4) is 11.4 Å². The summed E-state index contributed by atoms with van der Waals surface area (Å²) in [6, 6.07) is 10.3. The predicted octanol–water partition coefficient (Wildman–Crippen LogP) is 3.91. The first-order valence-electron chi connectivity index (χ1n) is 6.92. The highest BCUT2D eigenvalue weighted by molar-refractivity contribution is 5.60. The Balaban J connectivity index is 2.55. The van der Waals surface area contributed by atoms with Crippen LogP contribution in [0.1, 0.15) is 39.3 Å². The minimum atomic E-state index is 0.343. The van der Waals surface area contributed by atoms with Crippen LogP contribution in [0.2, 0.25) is 0 Å². The number of nitrogens with zero attached hydrogens (tertiary/aromatic N) is 2. The highest BCUT2D eigenvalue weighted by Crippen LogP contribution is 2.29. The van der Waals surface area contributed by atoms with Crippen LogP contribution >= 0.6 is 0 Å². The molecule has 0 unspecified atom stereocenters. The van der Waals surface area contributed by atoms with E-state index < -0.39 is 0 Å². The van der Waals surface area contributed by atoms with Crippen LogP contribution < -0.4 is 5.73 Å². The monoisotopic (exact) mass is 257 g/mol. The van der Waals surface area contributed by atoms with Crippen molar-refractivity contribution in [2.45, 2.75) is 40.2 Å². The Labute approximate surface area is 115 Å². The molecule has 2 N–H and O–H groups in total. The average Bonchev–Trinajstić information content (AvgIpc) is 2.68. The van der Waals surface area contributed by atoms with Crippen LogP contribution in [0.5, 0.6) is 0 Å². The maximum absolute atomic E-state index is 6.29. The van der Waals surface area contributed by atoms with E-state index in [0.717, 1.165) is 29.4 Å². The largest absolute Gasteiger partial charge is 0.384 e. The quantitative estimate of drug-likeness (QED) is 0.902. The molecule has 0 aliphatic heterocycles. The molecule has 0 atom stereocenters. The van der Waals surface area contributed by atoms with Crippen molar-refractivity contribution in [3.63, 3.8) is 0 Å². The third-order valence-electron chi connectivity index (χ3n) is 3.16. The Hall–Kier alpha value is -1.77. The molecule has 0 spiro atoms. The molecular formula is C16H23N3. The second kappa shape index (κ2) is 5.47. The van der Waals surface area contributed by atoms with Gasteiger partial charge < -0.3 is 10.3 Å². The summed E-state index contributed by atoms with van der Waals surface area (Å²) in [5.74, 6) is 2.67. The maximum atomic E-state index is 6.29. The molecule has 1 aromatic carbocycles.